The van der Waals surface area contributed by atoms with Crippen LogP contribution in [0.2, 0.25) is 5.02 Å². The van der Waals surface area contributed by atoms with Gasteiger partial charge in [-0.25, -0.2) is 13.4 Å². The highest BCUT2D eigenvalue weighted by atomic mass is 35.5. The monoisotopic (exact) mass is 419 g/mol. The Kier molecular flexibility index (Phi) is 4.55. The normalized spacial score (nSPS) is 11.6. The first-order chi connectivity index (χ1) is 13.0. The van der Waals surface area contributed by atoms with Gasteiger partial charge in [0, 0.05) is 34.0 Å². The minimum Gasteiger partial charge on any atom is -0.495 e. The molecule has 9 heteroatoms. The van der Waals surface area contributed by atoms with Crippen LogP contribution in [0, 0.1) is 0 Å². The van der Waals surface area contributed by atoms with E-state index in [0.29, 0.717) is 10.7 Å². The summed E-state index contributed by atoms with van der Waals surface area (Å²) < 4.78 is 35.0. The topological polar surface area (TPSA) is 72.7 Å². The van der Waals surface area contributed by atoms with Gasteiger partial charge in [0.25, 0.3) is 10.0 Å². The SMILES string of the molecule is COc1ccc(Cl)cc1S(=O)(=O)Nc1ccc(-c2cn3ccsc3n2)cc1. The molecule has 0 amide bonds. The summed E-state index contributed by atoms with van der Waals surface area (Å²) in [5.74, 6) is 0.224. The molecule has 4 rings (SSSR count). The molecule has 0 aliphatic rings. The molecule has 0 spiro atoms. The first-order valence-corrected chi connectivity index (χ1v) is 10.6. The van der Waals surface area contributed by atoms with E-state index in [9.17, 15) is 8.42 Å². The molecule has 27 heavy (non-hydrogen) atoms. The summed E-state index contributed by atoms with van der Waals surface area (Å²) in [6.45, 7) is 0. The molecule has 0 saturated heterocycles. The number of ether oxygens (including phenoxy) is 1. The number of hydrogen-bond donors (Lipinski definition) is 1. The van der Waals surface area contributed by atoms with Crippen molar-refractivity contribution in [2.24, 2.45) is 0 Å². The number of fused-ring (bicyclic) bond motifs is 1. The van der Waals surface area contributed by atoms with Crippen LogP contribution in [-0.2, 0) is 10.0 Å². The van der Waals surface area contributed by atoms with E-state index in [1.807, 2.05) is 34.3 Å². The van der Waals surface area contributed by atoms with Crippen LogP contribution in [0.1, 0.15) is 0 Å². The molecule has 2 heterocycles. The van der Waals surface area contributed by atoms with Gasteiger partial charge in [0.15, 0.2) is 4.96 Å². The summed E-state index contributed by atoms with van der Waals surface area (Å²) in [7, 11) is -2.44. The van der Waals surface area contributed by atoms with Gasteiger partial charge in [-0.3, -0.25) is 9.12 Å². The van der Waals surface area contributed by atoms with Crippen molar-refractivity contribution >= 4 is 43.6 Å². The summed E-state index contributed by atoms with van der Waals surface area (Å²) in [6.07, 6.45) is 3.87. The molecule has 0 aliphatic carbocycles. The van der Waals surface area contributed by atoms with Gasteiger partial charge in [0.1, 0.15) is 10.6 Å². The highest BCUT2D eigenvalue weighted by Gasteiger charge is 2.20. The number of aromatic nitrogens is 2. The molecule has 0 unspecified atom stereocenters. The zero-order chi connectivity index (χ0) is 19.0. The quantitative estimate of drug-likeness (QED) is 0.516. The maximum Gasteiger partial charge on any atom is 0.265 e. The van der Waals surface area contributed by atoms with Crippen molar-refractivity contribution in [3.05, 3.63) is 65.3 Å². The Morgan fingerprint density at radius 3 is 2.67 bits per heavy atom. The Labute approximate surface area is 165 Å². The van der Waals surface area contributed by atoms with E-state index >= 15 is 0 Å². The average Bonchev–Trinajstić information content (AvgIpc) is 3.24. The zero-order valence-electron chi connectivity index (χ0n) is 14.1. The Morgan fingerprint density at radius 2 is 1.96 bits per heavy atom. The molecule has 138 valence electrons. The predicted octanol–water partition coefficient (Wildman–Crippen LogP) is 4.53. The summed E-state index contributed by atoms with van der Waals surface area (Å²) >= 11 is 7.49. The number of rotatable bonds is 5. The number of sulfonamides is 1. The number of nitrogens with zero attached hydrogens (tertiary/aromatic N) is 2. The lowest BCUT2D eigenvalue weighted by molar-refractivity contribution is 0.403. The van der Waals surface area contributed by atoms with Gasteiger partial charge < -0.3 is 4.74 Å². The Bertz CT molecular complexity index is 1190. The smallest absolute Gasteiger partial charge is 0.265 e. The van der Waals surface area contributed by atoms with E-state index < -0.39 is 10.0 Å². The summed E-state index contributed by atoms with van der Waals surface area (Å²) in [5, 5.41) is 2.28. The molecule has 0 bridgehead atoms. The maximum atomic E-state index is 12.7. The standard InChI is InChI=1S/C18H14ClN3O3S2/c1-25-16-7-4-13(19)10-17(16)27(23,24)21-14-5-2-12(3-6-14)15-11-22-8-9-26-18(22)20-15/h2-11,21H,1H3. The van der Waals surface area contributed by atoms with Crippen molar-refractivity contribution in [3.8, 4) is 17.0 Å². The molecule has 1 N–H and O–H groups in total. The van der Waals surface area contributed by atoms with Crippen molar-refractivity contribution in [1.29, 1.82) is 0 Å². The molecule has 0 atom stereocenters. The van der Waals surface area contributed by atoms with Crippen molar-refractivity contribution < 1.29 is 13.2 Å². The van der Waals surface area contributed by atoms with Gasteiger partial charge in [0.2, 0.25) is 0 Å². The van der Waals surface area contributed by atoms with E-state index in [0.717, 1.165) is 16.2 Å². The Balaban J connectivity index is 1.61. The number of halogens is 1. The fourth-order valence-electron chi connectivity index (χ4n) is 2.65. The molecular weight excluding hydrogens is 406 g/mol. The van der Waals surface area contributed by atoms with Gasteiger partial charge in [-0.05, 0) is 30.3 Å². The van der Waals surface area contributed by atoms with Crippen LogP contribution in [-0.4, -0.2) is 24.9 Å². The van der Waals surface area contributed by atoms with Crippen molar-refractivity contribution in [3.63, 3.8) is 0 Å². The average molecular weight is 420 g/mol. The van der Waals surface area contributed by atoms with Crippen LogP contribution in [0.15, 0.2) is 65.1 Å². The molecule has 2 aromatic carbocycles. The van der Waals surface area contributed by atoms with Crippen LogP contribution in [0.4, 0.5) is 5.69 Å². The van der Waals surface area contributed by atoms with Crippen molar-refractivity contribution in [2.75, 3.05) is 11.8 Å². The minimum atomic E-state index is -3.85. The van der Waals surface area contributed by atoms with Gasteiger partial charge in [-0.15, -0.1) is 11.3 Å². The highest BCUT2D eigenvalue weighted by molar-refractivity contribution is 7.92. The molecule has 0 saturated carbocycles. The Hall–Kier alpha value is -2.55. The number of methoxy groups -OCH3 is 1. The Morgan fingerprint density at radius 1 is 1.19 bits per heavy atom. The molecule has 4 aromatic rings. The summed E-state index contributed by atoms with van der Waals surface area (Å²) in [6, 6.07) is 11.5. The maximum absolute atomic E-state index is 12.7. The van der Waals surface area contributed by atoms with Crippen LogP contribution >= 0.6 is 22.9 Å². The molecule has 0 radical (unpaired) electrons. The van der Waals surface area contributed by atoms with E-state index in [1.54, 1.807) is 29.5 Å². The van der Waals surface area contributed by atoms with Crippen LogP contribution in [0.25, 0.3) is 16.2 Å². The largest absolute Gasteiger partial charge is 0.495 e. The first-order valence-electron chi connectivity index (χ1n) is 7.85. The molecule has 0 fully saturated rings. The van der Waals surface area contributed by atoms with E-state index in [-0.39, 0.29) is 10.6 Å². The summed E-state index contributed by atoms with van der Waals surface area (Å²) in [4.78, 5) is 5.43. The number of benzene rings is 2. The van der Waals surface area contributed by atoms with Crippen molar-refractivity contribution in [2.45, 2.75) is 4.90 Å². The lowest BCUT2D eigenvalue weighted by Crippen LogP contribution is -2.14. The van der Waals surface area contributed by atoms with E-state index in [1.165, 1.54) is 19.2 Å². The second-order valence-electron chi connectivity index (χ2n) is 5.70. The second-order valence-corrected chi connectivity index (χ2v) is 8.66. The van der Waals surface area contributed by atoms with Gasteiger partial charge in [0.05, 0.1) is 12.8 Å². The predicted molar refractivity (Wildman–Crippen MR) is 107 cm³/mol. The number of thiazole rings is 1. The van der Waals surface area contributed by atoms with Gasteiger partial charge in [-0.1, -0.05) is 23.7 Å². The lowest BCUT2D eigenvalue weighted by atomic mass is 10.1. The fraction of sp³-hybridized carbons (Fsp3) is 0.0556. The van der Waals surface area contributed by atoms with Crippen LogP contribution in [0.3, 0.4) is 0 Å². The summed E-state index contributed by atoms with van der Waals surface area (Å²) in [5.41, 5.74) is 2.16. The fourth-order valence-corrected chi connectivity index (χ4v) is 4.84. The lowest BCUT2D eigenvalue weighted by Gasteiger charge is -2.12. The number of anilines is 1. The third-order valence-corrected chi connectivity index (χ3v) is 6.35. The second kappa shape index (κ2) is 6.88. The van der Waals surface area contributed by atoms with Crippen LogP contribution < -0.4 is 9.46 Å². The molecular formula is C18H14ClN3O3S2. The molecule has 0 aliphatic heterocycles. The highest BCUT2D eigenvalue weighted by Crippen LogP contribution is 2.29. The molecule has 2 aromatic heterocycles. The van der Waals surface area contributed by atoms with Crippen molar-refractivity contribution in [1.82, 2.24) is 9.38 Å². The molecule has 6 nitrogen and oxygen atoms in total. The number of hydrogen-bond acceptors (Lipinski definition) is 5. The van der Waals surface area contributed by atoms with E-state index in [4.69, 9.17) is 16.3 Å². The van der Waals surface area contributed by atoms with E-state index in [2.05, 4.69) is 9.71 Å². The third-order valence-electron chi connectivity index (χ3n) is 3.94. The van der Waals surface area contributed by atoms with Crippen LogP contribution in [0.5, 0.6) is 5.75 Å². The number of imidazole rings is 1. The zero-order valence-corrected chi connectivity index (χ0v) is 16.5. The number of nitrogens with one attached hydrogen (secondary N) is 1. The first kappa shape index (κ1) is 17.8. The minimum absolute atomic E-state index is 0.0177. The third kappa shape index (κ3) is 3.51. The van der Waals surface area contributed by atoms with Gasteiger partial charge >= 0.3 is 0 Å². The van der Waals surface area contributed by atoms with Gasteiger partial charge in [-0.2, -0.15) is 0 Å².